The second-order valence-electron chi connectivity index (χ2n) is 4.83. The highest BCUT2D eigenvalue weighted by molar-refractivity contribution is 5.75. The summed E-state index contributed by atoms with van der Waals surface area (Å²) in [5.41, 5.74) is 0. The zero-order valence-corrected chi connectivity index (χ0v) is 10.4. The normalized spacial score (nSPS) is 29.9. The van der Waals surface area contributed by atoms with Crippen LogP contribution in [0.3, 0.4) is 0 Å². The minimum Gasteiger partial charge on any atom is -0.356 e. The van der Waals surface area contributed by atoms with Crippen LogP contribution in [0.15, 0.2) is 0 Å². The van der Waals surface area contributed by atoms with E-state index in [2.05, 4.69) is 22.0 Å². The Balaban J connectivity index is 1.72. The number of hydrogen-bond acceptors (Lipinski definition) is 3. The Morgan fingerprint density at radius 2 is 1.94 bits per heavy atom. The highest BCUT2D eigenvalue weighted by Gasteiger charge is 2.41. The van der Waals surface area contributed by atoms with Gasteiger partial charge in [0.15, 0.2) is 0 Å². The van der Waals surface area contributed by atoms with Crippen molar-refractivity contribution in [1.29, 1.82) is 0 Å². The van der Waals surface area contributed by atoms with Gasteiger partial charge in [-0.05, 0) is 19.9 Å². The first kappa shape index (κ1) is 11.9. The Hall–Kier alpha value is -0.610. The molecule has 4 nitrogen and oxygen atoms in total. The van der Waals surface area contributed by atoms with Crippen molar-refractivity contribution in [3.05, 3.63) is 0 Å². The molecule has 2 saturated heterocycles. The van der Waals surface area contributed by atoms with Crippen molar-refractivity contribution in [2.75, 3.05) is 32.7 Å². The molecule has 16 heavy (non-hydrogen) atoms. The van der Waals surface area contributed by atoms with Crippen LogP contribution in [0.1, 0.15) is 26.7 Å². The summed E-state index contributed by atoms with van der Waals surface area (Å²) in [6.07, 6.45) is 1.96. The number of amides is 1. The molecular formula is C12H23N3O. The SMILES string of the molecule is CCNC(=O)CCN1CC2CC1CN2CC. The number of likely N-dealkylation sites (N-methyl/N-ethyl adjacent to an activating group) is 1. The fourth-order valence-corrected chi connectivity index (χ4v) is 3.02. The van der Waals surface area contributed by atoms with Gasteiger partial charge >= 0.3 is 0 Å². The van der Waals surface area contributed by atoms with Crippen LogP contribution in [0.25, 0.3) is 0 Å². The first-order chi connectivity index (χ1) is 7.74. The maximum atomic E-state index is 11.4. The van der Waals surface area contributed by atoms with Crippen molar-refractivity contribution in [1.82, 2.24) is 15.1 Å². The first-order valence-corrected chi connectivity index (χ1v) is 6.49. The molecule has 0 radical (unpaired) electrons. The monoisotopic (exact) mass is 225 g/mol. The molecule has 0 aromatic rings. The molecule has 2 unspecified atom stereocenters. The Bertz CT molecular complexity index is 257. The molecule has 2 fully saturated rings. The molecule has 2 rings (SSSR count). The smallest absolute Gasteiger partial charge is 0.221 e. The lowest BCUT2D eigenvalue weighted by molar-refractivity contribution is -0.121. The van der Waals surface area contributed by atoms with E-state index in [1.807, 2.05) is 6.92 Å². The summed E-state index contributed by atoms with van der Waals surface area (Å²) in [7, 11) is 0. The molecule has 1 N–H and O–H groups in total. The average molecular weight is 225 g/mol. The van der Waals surface area contributed by atoms with Crippen LogP contribution in [0, 0.1) is 0 Å². The van der Waals surface area contributed by atoms with E-state index in [0.29, 0.717) is 12.5 Å². The second kappa shape index (κ2) is 5.15. The molecule has 92 valence electrons. The van der Waals surface area contributed by atoms with Crippen molar-refractivity contribution in [2.24, 2.45) is 0 Å². The van der Waals surface area contributed by atoms with Crippen molar-refractivity contribution < 1.29 is 4.79 Å². The summed E-state index contributed by atoms with van der Waals surface area (Å²) in [5.74, 6) is 0.192. The number of likely N-dealkylation sites (tertiary alicyclic amines) is 2. The van der Waals surface area contributed by atoms with Crippen LogP contribution in [-0.4, -0.2) is 60.5 Å². The van der Waals surface area contributed by atoms with Crippen molar-refractivity contribution in [3.8, 4) is 0 Å². The van der Waals surface area contributed by atoms with Crippen LogP contribution >= 0.6 is 0 Å². The molecule has 4 heteroatoms. The van der Waals surface area contributed by atoms with Crippen LogP contribution in [0.2, 0.25) is 0 Å². The number of carbonyl (C=O) groups excluding carboxylic acids is 1. The number of piperazine rings is 1. The van der Waals surface area contributed by atoms with Crippen LogP contribution < -0.4 is 5.32 Å². The number of rotatable bonds is 5. The van der Waals surface area contributed by atoms with E-state index in [1.165, 1.54) is 19.5 Å². The van der Waals surface area contributed by atoms with Crippen molar-refractivity contribution in [3.63, 3.8) is 0 Å². The molecule has 0 aromatic carbocycles. The second-order valence-corrected chi connectivity index (χ2v) is 4.83. The van der Waals surface area contributed by atoms with Gasteiger partial charge in [-0.25, -0.2) is 0 Å². The van der Waals surface area contributed by atoms with E-state index in [9.17, 15) is 4.79 Å². The topological polar surface area (TPSA) is 35.6 Å². The molecule has 2 aliphatic rings. The number of carbonyl (C=O) groups is 1. The highest BCUT2D eigenvalue weighted by atomic mass is 16.1. The van der Waals surface area contributed by atoms with Gasteiger partial charge in [0, 0.05) is 44.7 Å². The highest BCUT2D eigenvalue weighted by Crippen LogP contribution is 2.30. The van der Waals surface area contributed by atoms with Gasteiger partial charge in [-0.3, -0.25) is 14.6 Å². The zero-order valence-electron chi connectivity index (χ0n) is 10.4. The minimum atomic E-state index is 0.192. The Morgan fingerprint density at radius 1 is 1.25 bits per heavy atom. The van der Waals surface area contributed by atoms with Gasteiger partial charge in [-0.1, -0.05) is 6.92 Å². The van der Waals surface area contributed by atoms with E-state index in [0.717, 1.165) is 25.7 Å². The summed E-state index contributed by atoms with van der Waals surface area (Å²) in [4.78, 5) is 16.4. The lowest BCUT2D eigenvalue weighted by Crippen LogP contribution is -2.47. The molecule has 0 aliphatic carbocycles. The van der Waals surface area contributed by atoms with Gasteiger partial charge in [0.2, 0.25) is 5.91 Å². The largest absolute Gasteiger partial charge is 0.356 e. The Morgan fingerprint density at radius 3 is 2.50 bits per heavy atom. The number of hydrogen-bond donors (Lipinski definition) is 1. The fourth-order valence-electron chi connectivity index (χ4n) is 3.02. The Labute approximate surface area is 98.0 Å². The molecule has 0 spiro atoms. The van der Waals surface area contributed by atoms with Crippen molar-refractivity contribution in [2.45, 2.75) is 38.8 Å². The van der Waals surface area contributed by atoms with Gasteiger partial charge in [0.25, 0.3) is 0 Å². The summed E-state index contributed by atoms with van der Waals surface area (Å²) in [5, 5.41) is 2.86. The molecule has 0 aromatic heterocycles. The van der Waals surface area contributed by atoms with Crippen LogP contribution in [-0.2, 0) is 4.79 Å². The molecule has 2 bridgehead atoms. The lowest BCUT2D eigenvalue weighted by atomic mass is 10.2. The van der Waals surface area contributed by atoms with Crippen molar-refractivity contribution >= 4 is 5.91 Å². The molecule has 1 amide bonds. The first-order valence-electron chi connectivity index (χ1n) is 6.49. The number of nitrogens with zero attached hydrogens (tertiary/aromatic N) is 2. The van der Waals surface area contributed by atoms with Gasteiger partial charge in [-0.2, -0.15) is 0 Å². The fraction of sp³-hybridized carbons (Fsp3) is 0.917. The van der Waals surface area contributed by atoms with E-state index < -0.39 is 0 Å². The maximum Gasteiger partial charge on any atom is 0.221 e. The lowest BCUT2D eigenvalue weighted by Gasteiger charge is -2.33. The van der Waals surface area contributed by atoms with Gasteiger partial charge < -0.3 is 5.32 Å². The standard InChI is InChI=1S/C12H23N3O/c1-3-13-12(16)5-6-15-9-10-7-11(15)8-14(10)4-2/h10-11H,3-9H2,1-2H3,(H,13,16). The Kier molecular flexibility index (Phi) is 3.82. The predicted octanol–water partition coefficient (Wildman–Crippen LogP) is 0.291. The summed E-state index contributed by atoms with van der Waals surface area (Å²) < 4.78 is 0. The molecular weight excluding hydrogens is 202 g/mol. The van der Waals surface area contributed by atoms with Gasteiger partial charge in [0.1, 0.15) is 0 Å². The molecule has 2 aliphatic heterocycles. The average Bonchev–Trinajstić information content (AvgIpc) is 2.85. The van der Waals surface area contributed by atoms with E-state index >= 15 is 0 Å². The third kappa shape index (κ3) is 2.38. The summed E-state index contributed by atoms with van der Waals surface area (Å²) >= 11 is 0. The van der Waals surface area contributed by atoms with E-state index in [4.69, 9.17) is 0 Å². The third-order valence-electron chi connectivity index (χ3n) is 3.87. The summed E-state index contributed by atoms with van der Waals surface area (Å²) in [6.45, 7) is 9.42. The maximum absolute atomic E-state index is 11.4. The molecule has 0 saturated carbocycles. The van der Waals surface area contributed by atoms with Gasteiger partial charge in [-0.15, -0.1) is 0 Å². The number of nitrogens with one attached hydrogen (secondary N) is 1. The third-order valence-corrected chi connectivity index (χ3v) is 3.87. The van der Waals surface area contributed by atoms with E-state index in [1.54, 1.807) is 0 Å². The number of fused-ring (bicyclic) bond motifs is 2. The molecule has 2 heterocycles. The van der Waals surface area contributed by atoms with E-state index in [-0.39, 0.29) is 5.91 Å². The quantitative estimate of drug-likeness (QED) is 0.730. The zero-order chi connectivity index (χ0) is 11.5. The summed E-state index contributed by atoms with van der Waals surface area (Å²) in [6, 6.07) is 1.46. The minimum absolute atomic E-state index is 0.192. The van der Waals surface area contributed by atoms with Crippen LogP contribution in [0.5, 0.6) is 0 Å². The van der Waals surface area contributed by atoms with Crippen LogP contribution in [0.4, 0.5) is 0 Å². The van der Waals surface area contributed by atoms with Gasteiger partial charge in [0.05, 0.1) is 0 Å². The predicted molar refractivity (Wildman–Crippen MR) is 64.3 cm³/mol. The molecule has 2 atom stereocenters.